The van der Waals surface area contributed by atoms with Gasteiger partial charge in [0.2, 0.25) is 0 Å². The highest BCUT2D eigenvalue weighted by Gasteiger charge is 2.59. The molecule has 0 bridgehead atoms. The predicted octanol–water partition coefficient (Wildman–Crippen LogP) is 14.7. The highest BCUT2D eigenvalue weighted by molar-refractivity contribution is 5.25. The molecule has 5 nitrogen and oxygen atoms in total. The van der Waals surface area contributed by atoms with Gasteiger partial charge in [0.1, 0.15) is 0 Å². The van der Waals surface area contributed by atoms with Gasteiger partial charge >= 0.3 is 0 Å². The van der Waals surface area contributed by atoms with Gasteiger partial charge in [-0.15, -0.1) is 0 Å². The molecule has 5 aliphatic rings. The van der Waals surface area contributed by atoms with E-state index in [0.717, 1.165) is 67.9 Å². The minimum atomic E-state index is 0.124. The first-order chi connectivity index (χ1) is 29.7. The molecule has 3 unspecified atom stereocenters. The number of unbranched alkanes of at least 4 members (excludes halogenated alkanes) is 9. The topological polar surface area (TPSA) is 40.2 Å². The molecule has 1 saturated heterocycles. The zero-order valence-electron chi connectivity index (χ0n) is 41.1. The van der Waals surface area contributed by atoms with E-state index in [1.54, 1.807) is 5.57 Å². The van der Waals surface area contributed by atoms with Crippen molar-refractivity contribution in [2.75, 3.05) is 59.3 Å². The van der Waals surface area contributed by atoms with Gasteiger partial charge in [0.05, 0.1) is 45.2 Å². The Kier molecular flexibility index (Phi) is 23.5. The third-order valence-electron chi connectivity index (χ3n) is 16.9. The molecule has 0 spiro atoms. The van der Waals surface area contributed by atoms with Crippen LogP contribution in [0.3, 0.4) is 0 Å². The number of likely N-dealkylation sites (tertiary alicyclic amines) is 1. The van der Waals surface area contributed by atoms with Crippen molar-refractivity contribution in [2.24, 2.45) is 46.3 Å². The summed E-state index contributed by atoms with van der Waals surface area (Å²) in [5.74, 6) is 5.37. The van der Waals surface area contributed by atoms with E-state index < -0.39 is 0 Å². The molecule has 5 heteroatoms. The largest absolute Gasteiger partial charge is 0.379 e. The maximum absolute atomic E-state index is 6.51. The highest BCUT2D eigenvalue weighted by atomic mass is 16.6. The molecular formula is C56H99NO4. The molecule has 1 heterocycles. The fraction of sp³-hybridized carbons (Fsp3) is 0.893. The Bertz CT molecular complexity index is 1250. The Labute approximate surface area is 378 Å². The van der Waals surface area contributed by atoms with Gasteiger partial charge in [0.25, 0.3) is 0 Å². The van der Waals surface area contributed by atoms with E-state index >= 15 is 0 Å². The van der Waals surface area contributed by atoms with Crippen LogP contribution in [0.2, 0.25) is 0 Å². The normalized spacial score (nSPS) is 30.3. The molecule has 0 amide bonds. The molecule has 9 atom stereocenters. The monoisotopic (exact) mass is 850 g/mol. The van der Waals surface area contributed by atoms with Crippen molar-refractivity contribution in [3.63, 3.8) is 0 Å². The van der Waals surface area contributed by atoms with Gasteiger partial charge in [-0.2, -0.15) is 0 Å². The number of ether oxygens (including phenoxy) is 4. The van der Waals surface area contributed by atoms with Crippen molar-refractivity contribution in [1.29, 1.82) is 0 Å². The molecule has 0 aromatic heterocycles. The van der Waals surface area contributed by atoms with Crippen molar-refractivity contribution >= 4 is 0 Å². The minimum Gasteiger partial charge on any atom is -0.379 e. The summed E-state index contributed by atoms with van der Waals surface area (Å²) in [6.07, 6.45) is 45.6. The van der Waals surface area contributed by atoms with E-state index in [9.17, 15) is 0 Å². The van der Waals surface area contributed by atoms with Gasteiger partial charge in [0, 0.05) is 13.2 Å². The fourth-order valence-electron chi connectivity index (χ4n) is 13.3. The van der Waals surface area contributed by atoms with Crippen LogP contribution < -0.4 is 0 Å². The fourth-order valence-corrected chi connectivity index (χ4v) is 13.3. The smallest absolute Gasteiger partial charge is 0.0936 e. The minimum absolute atomic E-state index is 0.124. The van der Waals surface area contributed by atoms with Crippen molar-refractivity contribution in [2.45, 2.75) is 214 Å². The number of hydrogen-bond acceptors (Lipinski definition) is 5. The summed E-state index contributed by atoms with van der Waals surface area (Å²) in [4.78, 5) is 2.55. The Morgan fingerprint density at radius 2 is 1.46 bits per heavy atom. The van der Waals surface area contributed by atoms with Crippen LogP contribution in [0.5, 0.6) is 0 Å². The molecule has 0 radical (unpaired) electrons. The van der Waals surface area contributed by atoms with Crippen LogP contribution in [0, 0.1) is 46.3 Å². The summed E-state index contributed by atoms with van der Waals surface area (Å²) in [6, 6.07) is 0. The molecule has 1 aliphatic heterocycles. The molecule has 4 aliphatic carbocycles. The van der Waals surface area contributed by atoms with Gasteiger partial charge in [-0.05, 0) is 162 Å². The Balaban J connectivity index is 0.901. The first-order valence-corrected chi connectivity index (χ1v) is 26.8. The summed E-state index contributed by atoms with van der Waals surface area (Å²) in [5, 5.41) is 0. The number of fused-ring (bicyclic) bond motifs is 5. The van der Waals surface area contributed by atoms with Gasteiger partial charge in [-0.25, -0.2) is 0 Å². The second kappa shape index (κ2) is 28.1. The van der Waals surface area contributed by atoms with E-state index in [1.807, 2.05) is 0 Å². The first kappa shape index (κ1) is 51.0. The van der Waals surface area contributed by atoms with E-state index in [1.165, 1.54) is 154 Å². The summed E-state index contributed by atoms with van der Waals surface area (Å²) in [6.45, 7) is 22.5. The molecule has 5 rings (SSSR count). The molecule has 0 aromatic carbocycles. The van der Waals surface area contributed by atoms with Crippen LogP contribution in [0.1, 0.15) is 202 Å². The van der Waals surface area contributed by atoms with E-state index in [-0.39, 0.29) is 6.10 Å². The molecular weight excluding hydrogens is 751 g/mol. The molecule has 0 N–H and O–H groups in total. The van der Waals surface area contributed by atoms with Crippen molar-refractivity contribution in [1.82, 2.24) is 4.90 Å². The molecule has 61 heavy (non-hydrogen) atoms. The third kappa shape index (κ3) is 16.4. The summed E-state index contributed by atoms with van der Waals surface area (Å²) in [7, 11) is 0. The van der Waals surface area contributed by atoms with Crippen molar-refractivity contribution in [3.05, 3.63) is 36.0 Å². The zero-order chi connectivity index (χ0) is 43.2. The number of nitrogens with zero attached hydrogens (tertiary/aromatic N) is 1. The second-order valence-electron chi connectivity index (χ2n) is 21.8. The summed E-state index contributed by atoms with van der Waals surface area (Å²) in [5.41, 5.74) is 2.68. The lowest BCUT2D eigenvalue weighted by Gasteiger charge is -2.58. The zero-order valence-corrected chi connectivity index (χ0v) is 41.1. The van der Waals surface area contributed by atoms with Crippen LogP contribution >= 0.6 is 0 Å². The SMILES string of the molecule is CCCCC/C=C\C/C=C\CCCCCCCCOC[C@@H](CN1CCCC1)OCCOCCO[C@H]1CC[C@@]2(C)C(=CCC3C2CC[C@@]2(C)C3CC[C@@H]2[C@H](C)CCCC(C)C)C1. The average Bonchev–Trinajstić information content (AvgIpc) is 3.90. The summed E-state index contributed by atoms with van der Waals surface area (Å²) < 4.78 is 25.1. The summed E-state index contributed by atoms with van der Waals surface area (Å²) >= 11 is 0. The van der Waals surface area contributed by atoms with Crippen LogP contribution in [-0.4, -0.2) is 76.4 Å². The van der Waals surface area contributed by atoms with Gasteiger partial charge < -0.3 is 23.8 Å². The Hall–Kier alpha value is -0.980. The lowest BCUT2D eigenvalue weighted by molar-refractivity contribution is -0.0730. The van der Waals surface area contributed by atoms with Crippen LogP contribution in [-0.2, 0) is 18.9 Å². The highest BCUT2D eigenvalue weighted by Crippen LogP contribution is 2.67. The molecule has 0 aromatic rings. The predicted molar refractivity (Wildman–Crippen MR) is 259 cm³/mol. The number of allylic oxidation sites excluding steroid dienone is 5. The third-order valence-corrected chi connectivity index (χ3v) is 16.9. The van der Waals surface area contributed by atoms with E-state index in [2.05, 4.69) is 76.8 Å². The van der Waals surface area contributed by atoms with E-state index in [0.29, 0.717) is 50.0 Å². The molecule has 352 valence electrons. The average molecular weight is 850 g/mol. The van der Waals surface area contributed by atoms with Gasteiger partial charge in [-0.3, -0.25) is 0 Å². The molecule has 4 fully saturated rings. The maximum Gasteiger partial charge on any atom is 0.0936 e. The number of rotatable bonds is 32. The van der Waals surface area contributed by atoms with Crippen LogP contribution in [0.4, 0.5) is 0 Å². The molecule has 3 saturated carbocycles. The van der Waals surface area contributed by atoms with Crippen LogP contribution in [0.15, 0.2) is 36.0 Å². The lowest BCUT2D eigenvalue weighted by Crippen LogP contribution is -2.51. The first-order valence-electron chi connectivity index (χ1n) is 26.8. The lowest BCUT2D eigenvalue weighted by atomic mass is 9.47. The van der Waals surface area contributed by atoms with E-state index in [4.69, 9.17) is 18.9 Å². The quantitative estimate of drug-likeness (QED) is 0.0498. The van der Waals surface area contributed by atoms with Crippen molar-refractivity contribution < 1.29 is 18.9 Å². The Morgan fingerprint density at radius 1 is 0.721 bits per heavy atom. The van der Waals surface area contributed by atoms with Gasteiger partial charge in [0.15, 0.2) is 0 Å². The van der Waals surface area contributed by atoms with Gasteiger partial charge in [-0.1, -0.05) is 135 Å². The Morgan fingerprint density at radius 3 is 2.23 bits per heavy atom. The second-order valence-corrected chi connectivity index (χ2v) is 21.8. The standard InChI is InChI=1S/C56H99NO4/c1-7-8-9-10-11-12-13-14-15-16-17-18-19-20-21-24-38-59-45-50(44-57-36-22-23-37-57)61-42-40-58-39-41-60-49-32-34-55(5)48(43-49)28-29-51-53-31-30-52(47(4)27-25-26-46(2)3)56(53,6)35-33-54(51)55/h11-12,14-15,28,46-47,49-54H,7-10,13,16-27,29-45H2,1-6H3/b12-11-,15-14-/t47-,49+,50-,51?,52-,53?,54?,55+,56-/m1/s1. The maximum atomic E-state index is 6.51. The van der Waals surface area contributed by atoms with Crippen molar-refractivity contribution in [3.8, 4) is 0 Å². The van der Waals surface area contributed by atoms with Crippen LogP contribution in [0.25, 0.3) is 0 Å². The number of hydrogen-bond donors (Lipinski definition) is 0.